The predicted molar refractivity (Wildman–Crippen MR) is 102 cm³/mol. The van der Waals surface area contributed by atoms with E-state index in [1.807, 2.05) is 11.2 Å². The molecule has 0 aromatic heterocycles. The van der Waals surface area contributed by atoms with Crippen molar-refractivity contribution in [3.05, 3.63) is 23.8 Å². The van der Waals surface area contributed by atoms with Crippen LogP contribution in [0.4, 0.5) is 0 Å². The number of morpholine rings is 1. The van der Waals surface area contributed by atoms with E-state index in [1.165, 1.54) is 16.1 Å². The zero-order chi connectivity index (χ0) is 18.6. The first-order valence-corrected chi connectivity index (χ1v) is 11.8. The maximum Gasteiger partial charge on any atom is 0.255 e. The fraction of sp³-hybridized carbons (Fsp3) is 0.611. The molecule has 1 aromatic carbocycles. The summed E-state index contributed by atoms with van der Waals surface area (Å²) in [5.41, 5.74) is 0.494. The van der Waals surface area contributed by atoms with Gasteiger partial charge in [-0.15, -0.1) is 11.8 Å². The monoisotopic (exact) mass is 398 g/mol. The number of nitrogens with zero attached hydrogens (tertiary/aromatic N) is 2. The van der Waals surface area contributed by atoms with Crippen molar-refractivity contribution in [1.29, 1.82) is 0 Å². The SMILES string of the molecule is CSc1ccc(S(=O)(=O)N2CCOCC2)cc1C(=O)N1CCCCCC1. The number of hydrogen-bond donors (Lipinski definition) is 0. The Morgan fingerprint density at radius 3 is 2.31 bits per heavy atom. The summed E-state index contributed by atoms with van der Waals surface area (Å²) in [6, 6.07) is 4.92. The molecule has 26 heavy (non-hydrogen) atoms. The number of carbonyl (C=O) groups excluding carboxylic acids is 1. The second-order valence-electron chi connectivity index (χ2n) is 6.58. The van der Waals surface area contributed by atoms with Gasteiger partial charge in [-0.1, -0.05) is 12.8 Å². The molecular formula is C18H26N2O4S2. The molecule has 0 N–H and O–H groups in total. The highest BCUT2D eigenvalue weighted by atomic mass is 32.2. The number of amides is 1. The maximum absolute atomic E-state index is 13.1. The summed E-state index contributed by atoms with van der Waals surface area (Å²) in [4.78, 5) is 15.9. The first kappa shape index (κ1) is 19.7. The summed E-state index contributed by atoms with van der Waals surface area (Å²) in [6.45, 7) is 2.99. The van der Waals surface area contributed by atoms with E-state index in [4.69, 9.17) is 4.74 Å². The molecule has 0 unspecified atom stereocenters. The molecule has 0 spiro atoms. The highest BCUT2D eigenvalue weighted by molar-refractivity contribution is 7.98. The first-order valence-electron chi connectivity index (χ1n) is 9.09. The normalized spacial score (nSPS) is 20.0. The third-order valence-corrected chi connectivity index (χ3v) is 7.59. The lowest BCUT2D eigenvalue weighted by Crippen LogP contribution is -2.40. The molecule has 2 saturated heterocycles. The van der Waals surface area contributed by atoms with E-state index in [2.05, 4.69) is 0 Å². The third kappa shape index (κ3) is 4.24. The largest absolute Gasteiger partial charge is 0.379 e. The lowest BCUT2D eigenvalue weighted by Gasteiger charge is -2.27. The van der Waals surface area contributed by atoms with Gasteiger partial charge in [0.15, 0.2) is 0 Å². The number of benzene rings is 1. The Bertz CT molecular complexity index is 738. The average molecular weight is 399 g/mol. The fourth-order valence-electron chi connectivity index (χ4n) is 3.39. The van der Waals surface area contributed by atoms with Gasteiger partial charge in [0, 0.05) is 31.1 Å². The fourth-order valence-corrected chi connectivity index (χ4v) is 5.40. The number of carbonyl (C=O) groups is 1. The lowest BCUT2D eigenvalue weighted by molar-refractivity contribution is 0.0729. The number of hydrogen-bond acceptors (Lipinski definition) is 5. The maximum atomic E-state index is 13.1. The van der Waals surface area contributed by atoms with E-state index in [-0.39, 0.29) is 10.8 Å². The molecule has 0 atom stereocenters. The molecule has 0 aliphatic carbocycles. The summed E-state index contributed by atoms with van der Waals surface area (Å²) in [7, 11) is -3.61. The van der Waals surface area contributed by atoms with Crippen LogP contribution in [0.25, 0.3) is 0 Å². The number of thioether (sulfide) groups is 1. The van der Waals surface area contributed by atoms with Gasteiger partial charge in [-0.2, -0.15) is 4.31 Å². The van der Waals surface area contributed by atoms with Gasteiger partial charge in [-0.05, 0) is 37.3 Å². The van der Waals surface area contributed by atoms with Crippen LogP contribution in [0.3, 0.4) is 0 Å². The Labute approximate surface area is 159 Å². The van der Waals surface area contributed by atoms with Gasteiger partial charge in [0.05, 0.1) is 23.7 Å². The second-order valence-corrected chi connectivity index (χ2v) is 9.37. The minimum absolute atomic E-state index is 0.0599. The quantitative estimate of drug-likeness (QED) is 0.729. The molecule has 2 aliphatic rings. The smallest absolute Gasteiger partial charge is 0.255 e. The van der Waals surface area contributed by atoms with Gasteiger partial charge in [0.2, 0.25) is 10.0 Å². The van der Waals surface area contributed by atoms with Crippen molar-refractivity contribution in [1.82, 2.24) is 9.21 Å². The van der Waals surface area contributed by atoms with Crippen molar-refractivity contribution in [3.63, 3.8) is 0 Å². The molecule has 0 saturated carbocycles. The van der Waals surface area contributed by atoms with E-state index >= 15 is 0 Å². The summed E-state index contributed by atoms with van der Waals surface area (Å²) in [5, 5.41) is 0. The zero-order valence-corrected chi connectivity index (χ0v) is 16.8. The minimum atomic E-state index is -3.61. The molecule has 2 fully saturated rings. The highest BCUT2D eigenvalue weighted by Gasteiger charge is 2.28. The van der Waals surface area contributed by atoms with Crippen LogP contribution in [0, 0.1) is 0 Å². The number of ether oxygens (including phenoxy) is 1. The zero-order valence-electron chi connectivity index (χ0n) is 15.1. The summed E-state index contributed by atoms with van der Waals surface area (Å²) < 4.78 is 32.5. The Balaban J connectivity index is 1.92. The molecule has 2 heterocycles. The third-order valence-electron chi connectivity index (χ3n) is 4.90. The lowest BCUT2D eigenvalue weighted by atomic mass is 10.2. The molecule has 0 radical (unpaired) electrons. The number of sulfonamides is 1. The van der Waals surface area contributed by atoms with E-state index in [9.17, 15) is 13.2 Å². The molecule has 144 valence electrons. The van der Waals surface area contributed by atoms with Gasteiger partial charge in [-0.3, -0.25) is 4.79 Å². The second kappa shape index (κ2) is 8.73. The van der Waals surface area contributed by atoms with E-state index in [1.54, 1.807) is 18.2 Å². The predicted octanol–water partition coefficient (Wildman–Crippen LogP) is 2.45. The molecule has 3 rings (SSSR count). The van der Waals surface area contributed by atoms with E-state index in [0.717, 1.165) is 43.7 Å². The van der Waals surface area contributed by atoms with Crippen molar-refractivity contribution in [2.45, 2.75) is 35.5 Å². The van der Waals surface area contributed by atoms with Gasteiger partial charge in [0.1, 0.15) is 0 Å². The van der Waals surface area contributed by atoms with Gasteiger partial charge < -0.3 is 9.64 Å². The van der Waals surface area contributed by atoms with Crippen molar-refractivity contribution < 1.29 is 17.9 Å². The van der Waals surface area contributed by atoms with Crippen LogP contribution in [-0.4, -0.2) is 69.2 Å². The van der Waals surface area contributed by atoms with Crippen molar-refractivity contribution in [2.24, 2.45) is 0 Å². The van der Waals surface area contributed by atoms with E-state index in [0.29, 0.717) is 31.9 Å². The number of rotatable bonds is 4. The van der Waals surface area contributed by atoms with Crippen LogP contribution in [0.1, 0.15) is 36.0 Å². The Hall–Kier alpha value is -1.09. The van der Waals surface area contributed by atoms with Crippen LogP contribution in [0.5, 0.6) is 0 Å². The van der Waals surface area contributed by atoms with Crippen LogP contribution >= 0.6 is 11.8 Å². The molecule has 1 amide bonds. The van der Waals surface area contributed by atoms with Crippen LogP contribution in [0.15, 0.2) is 28.0 Å². The Morgan fingerprint density at radius 2 is 1.69 bits per heavy atom. The average Bonchev–Trinajstić information content (AvgIpc) is 2.97. The van der Waals surface area contributed by atoms with Gasteiger partial charge in [0.25, 0.3) is 5.91 Å². The molecule has 0 bridgehead atoms. The molecule has 2 aliphatic heterocycles. The summed E-state index contributed by atoms with van der Waals surface area (Å²) >= 11 is 1.47. The topological polar surface area (TPSA) is 66.9 Å². The van der Waals surface area contributed by atoms with E-state index < -0.39 is 10.0 Å². The van der Waals surface area contributed by atoms with Crippen molar-refractivity contribution >= 4 is 27.7 Å². The first-order chi connectivity index (χ1) is 12.5. The van der Waals surface area contributed by atoms with Crippen molar-refractivity contribution in [2.75, 3.05) is 45.6 Å². The summed E-state index contributed by atoms with van der Waals surface area (Å²) in [5.74, 6) is -0.0599. The Kier molecular flexibility index (Phi) is 6.60. The van der Waals surface area contributed by atoms with Crippen LogP contribution in [-0.2, 0) is 14.8 Å². The highest BCUT2D eigenvalue weighted by Crippen LogP contribution is 2.27. The van der Waals surface area contributed by atoms with Crippen LogP contribution < -0.4 is 0 Å². The van der Waals surface area contributed by atoms with Crippen molar-refractivity contribution in [3.8, 4) is 0 Å². The molecule has 6 nitrogen and oxygen atoms in total. The standard InChI is InChI=1S/C18H26N2O4S2/c1-25-17-7-6-15(26(22,23)20-10-12-24-13-11-20)14-16(17)18(21)19-8-4-2-3-5-9-19/h6-7,14H,2-5,8-13H2,1H3. The Morgan fingerprint density at radius 1 is 1.04 bits per heavy atom. The van der Waals surface area contributed by atoms with Crippen LogP contribution in [0.2, 0.25) is 0 Å². The summed E-state index contributed by atoms with van der Waals surface area (Å²) in [6.07, 6.45) is 6.21. The van der Waals surface area contributed by atoms with Gasteiger partial charge >= 0.3 is 0 Å². The van der Waals surface area contributed by atoms with Gasteiger partial charge in [-0.25, -0.2) is 8.42 Å². The molecular weight excluding hydrogens is 372 g/mol. The minimum Gasteiger partial charge on any atom is -0.379 e. The number of likely N-dealkylation sites (tertiary alicyclic amines) is 1. The molecule has 1 aromatic rings. The molecule has 8 heteroatoms.